The van der Waals surface area contributed by atoms with Crippen molar-refractivity contribution in [1.82, 2.24) is 4.31 Å². The van der Waals surface area contributed by atoms with Crippen LogP contribution >= 0.6 is 0 Å². The zero-order chi connectivity index (χ0) is 16.5. The van der Waals surface area contributed by atoms with E-state index in [1.54, 1.807) is 0 Å². The van der Waals surface area contributed by atoms with Crippen LogP contribution in [0.2, 0.25) is 0 Å². The van der Waals surface area contributed by atoms with Gasteiger partial charge in [-0.2, -0.15) is 4.31 Å². The van der Waals surface area contributed by atoms with Gasteiger partial charge in [0.2, 0.25) is 10.0 Å². The topological polar surface area (TPSA) is 89.7 Å². The Morgan fingerprint density at radius 2 is 2.18 bits per heavy atom. The van der Waals surface area contributed by atoms with Crippen LogP contribution in [0.3, 0.4) is 0 Å². The minimum atomic E-state index is -3.81. The molecule has 22 heavy (non-hydrogen) atoms. The van der Waals surface area contributed by atoms with Crippen LogP contribution < -0.4 is 5.73 Å². The average Bonchev–Trinajstić information content (AvgIpc) is 2.90. The van der Waals surface area contributed by atoms with E-state index in [-0.39, 0.29) is 15.9 Å². The first kappa shape index (κ1) is 16.9. The first-order chi connectivity index (χ1) is 10.2. The summed E-state index contributed by atoms with van der Waals surface area (Å²) in [6, 6.07) is 3.18. The van der Waals surface area contributed by atoms with Crippen molar-refractivity contribution in [3.05, 3.63) is 29.6 Å². The quantitative estimate of drug-likeness (QED) is 0.831. The van der Waals surface area contributed by atoms with Gasteiger partial charge in [0.1, 0.15) is 5.82 Å². The minimum absolute atomic E-state index is 0.182. The highest BCUT2D eigenvalue weighted by Gasteiger charge is 2.39. The molecule has 1 aliphatic heterocycles. The van der Waals surface area contributed by atoms with Gasteiger partial charge in [-0.15, -0.1) is 0 Å². The molecule has 122 valence electrons. The van der Waals surface area contributed by atoms with E-state index >= 15 is 0 Å². The van der Waals surface area contributed by atoms with Crippen molar-refractivity contribution in [1.29, 1.82) is 0 Å². The Bertz CT molecular complexity index is 692. The second-order valence-electron chi connectivity index (χ2n) is 5.74. The van der Waals surface area contributed by atoms with Gasteiger partial charge in [0, 0.05) is 13.1 Å². The van der Waals surface area contributed by atoms with Gasteiger partial charge in [-0.25, -0.2) is 17.6 Å². The maximum atomic E-state index is 13.9. The molecule has 0 spiro atoms. The van der Waals surface area contributed by atoms with Gasteiger partial charge >= 0.3 is 5.97 Å². The molecule has 2 rings (SSSR count). The van der Waals surface area contributed by atoms with Gasteiger partial charge in [0.05, 0.1) is 17.6 Å². The summed E-state index contributed by atoms with van der Waals surface area (Å²) in [5.41, 5.74) is 5.11. The lowest BCUT2D eigenvalue weighted by Crippen LogP contribution is -2.34. The second kappa shape index (κ2) is 5.94. The number of hydrogen-bond acceptors (Lipinski definition) is 5. The SMILES string of the molecule is COC(=O)c1ccc(S(=O)(=O)N2CCC(C)(CN)C2)cc1F. The number of carbonyl (C=O) groups excluding carboxylic acids is 1. The first-order valence-corrected chi connectivity index (χ1v) is 8.25. The lowest BCUT2D eigenvalue weighted by Gasteiger charge is -2.22. The Balaban J connectivity index is 2.31. The summed E-state index contributed by atoms with van der Waals surface area (Å²) in [6.07, 6.45) is 0.658. The van der Waals surface area contributed by atoms with Crippen molar-refractivity contribution in [3.8, 4) is 0 Å². The normalized spacial score (nSPS) is 22.7. The van der Waals surface area contributed by atoms with Crippen LogP contribution in [0, 0.1) is 11.2 Å². The van der Waals surface area contributed by atoms with E-state index in [0.717, 1.165) is 19.2 Å². The number of ether oxygens (including phenoxy) is 1. The standard InChI is InChI=1S/C14H19FN2O4S/c1-14(8-16)5-6-17(9-14)22(19,20)10-3-4-11(12(15)7-10)13(18)21-2/h3-4,7H,5-6,8-9,16H2,1-2H3. The summed E-state index contributed by atoms with van der Waals surface area (Å²) < 4.78 is 44.7. The lowest BCUT2D eigenvalue weighted by atomic mass is 9.90. The van der Waals surface area contributed by atoms with Crippen LogP contribution in [-0.2, 0) is 14.8 Å². The van der Waals surface area contributed by atoms with Crippen molar-refractivity contribution in [2.75, 3.05) is 26.7 Å². The van der Waals surface area contributed by atoms with E-state index in [2.05, 4.69) is 4.74 Å². The fourth-order valence-corrected chi connectivity index (χ4v) is 4.03. The number of nitrogens with two attached hydrogens (primary N) is 1. The number of rotatable bonds is 4. The number of nitrogens with zero attached hydrogens (tertiary/aromatic N) is 1. The van der Waals surface area contributed by atoms with Crippen molar-refractivity contribution in [3.63, 3.8) is 0 Å². The number of sulfonamides is 1. The van der Waals surface area contributed by atoms with E-state index in [1.807, 2.05) is 6.92 Å². The Labute approximate surface area is 129 Å². The summed E-state index contributed by atoms with van der Waals surface area (Å²) >= 11 is 0. The van der Waals surface area contributed by atoms with E-state index < -0.39 is 21.8 Å². The summed E-state index contributed by atoms with van der Waals surface area (Å²) in [4.78, 5) is 11.2. The third kappa shape index (κ3) is 2.99. The molecule has 0 bridgehead atoms. The van der Waals surface area contributed by atoms with Crippen LogP contribution in [0.4, 0.5) is 4.39 Å². The molecule has 1 aliphatic rings. The van der Waals surface area contributed by atoms with E-state index in [9.17, 15) is 17.6 Å². The highest BCUT2D eigenvalue weighted by Crippen LogP contribution is 2.32. The molecule has 0 amide bonds. The van der Waals surface area contributed by atoms with Crippen LogP contribution in [0.5, 0.6) is 0 Å². The van der Waals surface area contributed by atoms with Crippen molar-refractivity contribution >= 4 is 16.0 Å². The predicted molar refractivity (Wildman–Crippen MR) is 78.3 cm³/mol. The molecule has 8 heteroatoms. The van der Waals surface area contributed by atoms with Crippen LogP contribution in [0.1, 0.15) is 23.7 Å². The molecule has 1 heterocycles. The molecule has 6 nitrogen and oxygen atoms in total. The number of methoxy groups -OCH3 is 1. The third-order valence-electron chi connectivity index (χ3n) is 4.00. The van der Waals surface area contributed by atoms with Gasteiger partial charge in [0.25, 0.3) is 0 Å². The molecule has 1 aromatic rings. The van der Waals surface area contributed by atoms with Crippen LogP contribution in [0.25, 0.3) is 0 Å². The Kier molecular flexibility index (Phi) is 4.55. The molecular weight excluding hydrogens is 311 g/mol. The van der Waals surface area contributed by atoms with Crippen molar-refractivity contribution < 1.29 is 22.3 Å². The molecule has 0 aliphatic carbocycles. The molecular formula is C14H19FN2O4S. The van der Waals surface area contributed by atoms with Crippen LogP contribution in [0.15, 0.2) is 23.1 Å². The Morgan fingerprint density at radius 3 is 2.68 bits per heavy atom. The molecule has 0 aromatic heterocycles. The largest absolute Gasteiger partial charge is 0.465 e. The number of halogens is 1. The number of esters is 1. The van der Waals surface area contributed by atoms with E-state index in [1.165, 1.54) is 10.4 Å². The van der Waals surface area contributed by atoms with Crippen LogP contribution in [-0.4, -0.2) is 45.4 Å². The molecule has 0 saturated carbocycles. The molecule has 2 N–H and O–H groups in total. The lowest BCUT2D eigenvalue weighted by molar-refractivity contribution is 0.0595. The molecule has 0 radical (unpaired) electrons. The smallest absolute Gasteiger partial charge is 0.340 e. The predicted octanol–water partition coefficient (Wildman–Crippen LogP) is 0.972. The molecule has 1 fully saturated rings. The van der Waals surface area contributed by atoms with Gasteiger partial charge in [-0.3, -0.25) is 0 Å². The second-order valence-corrected chi connectivity index (χ2v) is 7.67. The zero-order valence-corrected chi connectivity index (χ0v) is 13.3. The molecule has 1 saturated heterocycles. The number of hydrogen-bond donors (Lipinski definition) is 1. The number of carbonyl (C=O) groups is 1. The summed E-state index contributed by atoms with van der Waals surface area (Å²) in [6.45, 7) is 2.95. The van der Waals surface area contributed by atoms with Gasteiger partial charge in [-0.05, 0) is 36.6 Å². The van der Waals surface area contributed by atoms with Gasteiger partial charge in [-0.1, -0.05) is 6.92 Å². The van der Waals surface area contributed by atoms with Gasteiger partial charge in [0.15, 0.2) is 0 Å². The highest BCUT2D eigenvalue weighted by molar-refractivity contribution is 7.89. The van der Waals surface area contributed by atoms with Crippen molar-refractivity contribution in [2.45, 2.75) is 18.2 Å². The minimum Gasteiger partial charge on any atom is -0.465 e. The Morgan fingerprint density at radius 1 is 1.50 bits per heavy atom. The van der Waals surface area contributed by atoms with Gasteiger partial charge < -0.3 is 10.5 Å². The molecule has 1 aromatic carbocycles. The van der Waals surface area contributed by atoms with E-state index in [4.69, 9.17) is 5.73 Å². The molecule has 1 unspecified atom stereocenters. The monoisotopic (exact) mass is 330 g/mol. The summed E-state index contributed by atoms with van der Waals surface area (Å²) in [7, 11) is -2.68. The fourth-order valence-electron chi connectivity index (χ4n) is 2.43. The fraction of sp³-hybridized carbons (Fsp3) is 0.500. The Hall–Kier alpha value is -1.51. The molecule has 1 atom stereocenters. The maximum absolute atomic E-state index is 13.9. The number of benzene rings is 1. The summed E-state index contributed by atoms with van der Waals surface area (Å²) in [5, 5.41) is 0. The first-order valence-electron chi connectivity index (χ1n) is 6.81. The van der Waals surface area contributed by atoms with E-state index in [0.29, 0.717) is 26.1 Å². The third-order valence-corrected chi connectivity index (χ3v) is 5.84. The zero-order valence-electron chi connectivity index (χ0n) is 12.5. The maximum Gasteiger partial charge on any atom is 0.340 e. The highest BCUT2D eigenvalue weighted by atomic mass is 32.2. The average molecular weight is 330 g/mol. The summed E-state index contributed by atoms with van der Waals surface area (Å²) in [5.74, 6) is -1.77. The van der Waals surface area contributed by atoms with Crippen molar-refractivity contribution in [2.24, 2.45) is 11.1 Å².